The number of benzene rings is 1. The zero-order valence-electron chi connectivity index (χ0n) is 19.4. The minimum absolute atomic E-state index is 0.140. The summed E-state index contributed by atoms with van der Waals surface area (Å²) in [5.74, 6) is 1.12. The Morgan fingerprint density at radius 3 is 2.82 bits per heavy atom. The second-order valence-electron chi connectivity index (χ2n) is 9.50. The van der Waals surface area contributed by atoms with Gasteiger partial charge in [0, 0.05) is 37.1 Å². The Morgan fingerprint density at radius 1 is 1.30 bits per heavy atom. The van der Waals surface area contributed by atoms with E-state index in [-0.39, 0.29) is 22.1 Å². The lowest BCUT2D eigenvalue weighted by molar-refractivity contribution is 0.108. The molecule has 2 unspecified atom stereocenters. The number of thioether (sulfide) groups is 1. The van der Waals surface area contributed by atoms with Gasteiger partial charge in [0.1, 0.15) is 5.69 Å². The molecule has 178 valence electrons. The summed E-state index contributed by atoms with van der Waals surface area (Å²) in [6.07, 6.45) is 7.83. The Hall–Kier alpha value is -2.06. The number of pyridine rings is 1. The van der Waals surface area contributed by atoms with Gasteiger partial charge in [0.05, 0.1) is 23.6 Å². The lowest BCUT2D eigenvalue weighted by atomic mass is 9.94. The van der Waals surface area contributed by atoms with Crippen molar-refractivity contribution >= 4 is 33.5 Å². The van der Waals surface area contributed by atoms with E-state index in [4.69, 9.17) is 4.74 Å². The standard InChI is InChI=1S/C25H32FN3O3S/c1-3-4-10-33-25(31)18-13-29(16-7-8-16)21-17(23(18)30)11-19(26)22(24(21)32-2)28-12-15-6-5-9-27-20(15)14-28/h11,13,15-16,20,27H,3-10,12,14H2,1-2H3. The van der Waals surface area contributed by atoms with Gasteiger partial charge in [0.25, 0.3) is 0 Å². The Bertz CT molecular complexity index is 1120. The van der Waals surface area contributed by atoms with Gasteiger partial charge < -0.3 is 19.5 Å². The highest BCUT2D eigenvalue weighted by molar-refractivity contribution is 8.14. The van der Waals surface area contributed by atoms with E-state index in [1.165, 1.54) is 17.8 Å². The van der Waals surface area contributed by atoms with Gasteiger partial charge in [-0.3, -0.25) is 9.59 Å². The summed E-state index contributed by atoms with van der Waals surface area (Å²) in [5, 5.41) is 3.56. The molecule has 2 aromatic rings. The van der Waals surface area contributed by atoms with Crippen molar-refractivity contribution in [1.29, 1.82) is 0 Å². The summed E-state index contributed by atoms with van der Waals surface area (Å²) in [6, 6.07) is 1.89. The van der Waals surface area contributed by atoms with Crippen molar-refractivity contribution in [2.75, 3.05) is 37.4 Å². The number of anilines is 1. The number of aromatic nitrogens is 1. The first-order valence-electron chi connectivity index (χ1n) is 12.1. The largest absolute Gasteiger partial charge is 0.492 e. The Balaban J connectivity index is 1.63. The van der Waals surface area contributed by atoms with E-state index in [2.05, 4.69) is 17.1 Å². The van der Waals surface area contributed by atoms with Crippen molar-refractivity contribution in [3.63, 3.8) is 0 Å². The van der Waals surface area contributed by atoms with Gasteiger partial charge in [0.15, 0.2) is 11.6 Å². The molecule has 3 fully saturated rings. The molecule has 1 aliphatic carbocycles. The van der Waals surface area contributed by atoms with Crippen molar-refractivity contribution in [3.8, 4) is 5.75 Å². The van der Waals surface area contributed by atoms with E-state index >= 15 is 4.39 Å². The van der Waals surface area contributed by atoms with E-state index in [1.54, 1.807) is 13.3 Å². The number of halogens is 1. The fraction of sp³-hybridized carbons (Fsp3) is 0.600. The van der Waals surface area contributed by atoms with Crippen molar-refractivity contribution in [2.24, 2.45) is 5.92 Å². The van der Waals surface area contributed by atoms with Gasteiger partial charge in [0.2, 0.25) is 10.5 Å². The predicted molar refractivity (Wildman–Crippen MR) is 131 cm³/mol. The molecule has 2 aliphatic heterocycles. The van der Waals surface area contributed by atoms with Crippen LogP contribution in [0.3, 0.4) is 0 Å². The van der Waals surface area contributed by atoms with Crippen molar-refractivity contribution in [1.82, 2.24) is 9.88 Å². The number of hydrogen-bond donors (Lipinski definition) is 1. The van der Waals surface area contributed by atoms with E-state index in [1.807, 2.05) is 4.57 Å². The molecule has 2 atom stereocenters. The number of fused-ring (bicyclic) bond motifs is 2. The summed E-state index contributed by atoms with van der Waals surface area (Å²) in [6.45, 7) is 4.57. The third kappa shape index (κ3) is 4.16. The van der Waals surface area contributed by atoms with Crippen LogP contribution in [0.4, 0.5) is 10.1 Å². The minimum Gasteiger partial charge on any atom is -0.492 e. The first kappa shape index (κ1) is 22.7. The molecule has 1 saturated carbocycles. The maximum absolute atomic E-state index is 15.6. The van der Waals surface area contributed by atoms with E-state index < -0.39 is 11.2 Å². The first-order chi connectivity index (χ1) is 16.0. The molecule has 3 heterocycles. The topological polar surface area (TPSA) is 63.6 Å². The summed E-state index contributed by atoms with van der Waals surface area (Å²) in [5.41, 5.74) is 0.781. The number of nitrogens with zero attached hydrogens (tertiary/aromatic N) is 2. The van der Waals surface area contributed by atoms with Crippen LogP contribution in [0.5, 0.6) is 5.75 Å². The smallest absolute Gasteiger partial charge is 0.224 e. The zero-order chi connectivity index (χ0) is 23.1. The number of rotatable bonds is 7. The Labute approximate surface area is 197 Å². The second-order valence-corrected chi connectivity index (χ2v) is 10.6. The normalized spacial score (nSPS) is 22.6. The quantitative estimate of drug-likeness (QED) is 0.604. The minimum atomic E-state index is -0.458. The third-order valence-corrected chi connectivity index (χ3v) is 8.18. The number of hydrogen-bond acceptors (Lipinski definition) is 6. The Kier molecular flexibility index (Phi) is 6.40. The maximum Gasteiger partial charge on any atom is 0.224 e. The fourth-order valence-electron chi connectivity index (χ4n) is 5.33. The molecular weight excluding hydrogens is 441 g/mol. The van der Waals surface area contributed by atoms with Gasteiger partial charge in [-0.1, -0.05) is 25.1 Å². The van der Waals surface area contributed by atoms with E-state index in [9.17, 15) is 9.59 Å². The molecule has 0 radical (unpaired) electrons. The van der Waals surface area contributed by atoms with Gasteiger partial charge in [-0.05, 0) is 50.6 Å². The number of carbonyl (C=O) groups excluding carboxylic acids is 1. The van der Waals surface area contributed by atoms with Crippen LogP contribution in [0, 0.1) is 11.7 Å². The average molecular weight is 474 g/mol. The van der Waals surface area contributed by atoms with Gasteiger partial charge in [-0.25, -0.2) is 4.39 Å². The van der Waals surface area contributed by atoms with Crippen LogP contribution in [-0.2, 0) is 0 Å². The zero-order valence-corrected chi connectivity index (χ0v) is 20.2. The van der Waals surface area contributed by atoms with Crippen LogP contribution in [0.25, 0.3) is 10.9 Å². The molecule has 3 aliphatic rings. The highest BCUT2D eigenvalue weighted by Crippen LogP contribution is 2.45. The van der Waals surface area contributed by atoms with Gasteiger partial charge in [-0.15, -0.1) is 0 Å². The molecule has 0 bridgehead atoms. The molecule has 5 rings (SSSR count). The molecule has 33 heavy (non-hydrogen) atoms. The van der Waals surface area contributed by atoms with Gasteiger partial charge in [-0.2, -0.15) is 0 Å². The predicted octanol–water partition coefficient (Wildman–Crippen LogP) is 4.35. The molecule has 1 aromatic heterocycles. The molecule has 8 heteroatoms. The van der Waals surface area contributed by atoms with E-state index in [0.717, 1.165) is 58.2 Å². The van der Waals surface area contributed by atoms with Crippen LogP contribution in [0.15, 0.2) is 17.1 Å². The number of ether oxygens (including phenoxy) is 1. The average Bonchev–Trinajstić information content (AvgIpc) is 3.57. The molecule has 1 aromatic carbocycles. The lowest BCUT2D eigenvalue weighted by Gasteiger charge is -2.25. The number of carbonyl (C=O) groups is 1. The number of nitrogens with one attached hydrogen (secondary N) is 1. The number of piperidine rings is 1. The molecule has 1 N–H and O–H groups in total. The summed E-state index contributed by atoms with van der Waals surface area (Å²) in [7, 11) is 1.54. The maximum atomic E-state index is 15.6. The fourth-order valence-corrected chi connectivity index (χ4v) is 6.25. The van der Waals surface area contributed by atoms with Crippen LogP contribution >= 0.6 is 11.8 Å². The molecule has 2 saturated heterocycles. The molecule has 0 amide bonds. The second kappa shape index (κ2) is 9.29. The van der Waals surface area contributed by atoms with E-state index in [0.29, 0.717) is 34.7 Å². The highest BCUT2D eigenvalue weighted by atomic mass is 32.2. The van der Waals surface area contributed by atoms with Crippen LogP contribution in [0.2, 0.25) is 0 Å². The molecular formula is C25H32FN3O3S. The summed E-state index contributed by atoms with van der Waals surface area (Å²) in [4.78, 5) is 28.3. The van der Waals surface area contributed by atoms with Crippen molar-refractivity contribution in [2.45, 2.75) is 57.5 Å². The summed E-state index contributed by atoms with van der Waals surface area (Å²) < 4.78 is 23.4. The van der Waals surface area contributed by atoms with Crippen LogP contribution in [-0.4, -0.2) is 48.2 Å². The third-order valence-electron chi connectivity index (χ3n) is 7.21. The summed E-state index contributed by atoms with van der Waals surface area (Å²) >= 11 is 1.17. The van der Waals surface area contributed by atoms with Crippen LogP contribution < -0.4 is 20.4 Å². The first-order valence-corrected chi connectivity index (χ1v) is 13.1. The van der Waals surface area contributed by atoms with Crippen LogP contribution in [0.1, 0.15) is 61.8 Å². The molecule has 0 spiro atoms. The lowest BCUT2D eigenvalue weighted by Crippen LogP contribution is -2.40. The Morgan fingerprint density at radius 2 is 2.12 bits per heavy atom. The number of unbranched alkanes of at least 4 members (excludes halogenated alkanes) is 1. The van der Waals surface area contributed by atoms with Gasteiger partial charge >= 0.3 is 0 Å². The SMILES string of the molecule is CCCCSC(=O)c1cn(C2CC2)c2c(OC)c(N3CC4CCCNC4C3)c(F)cc2c1=O. The van der Waals surface area contributed by atoms with Crippen molar-refractivity contribution in [3.05, 3.63) is 33.9 Å². The molecule has 6 nitrogen and oxygen atoms in total. The number of methoxy groups -OCH3 is 1. The highest BCUT2D eigenvalue weighted by Gasteiger charge is 2.38. The monoisotopic (exact) mass is 473 g/mol. The van der Waals surface area contributed by atoms with Crippen molar-refractivity contribution < 1.29 is 13.9 Å².